The molecule has 0 saturated carbocycles. The fraction of sp³-hybridized carbons (Fsp3) is 0.111. The molecule has 3 aromatic heterocycles. The first kappa shape index (κ1) is 16.4. The van der Waals surface area contributed by atoms with Crippen molar-refractivity contribution in [2.24, 2.45) is 0 Å². The van der Waals surface area contributed by atoms with Gasteiger partial charge in [0.05, 0.1) is 20.3 Å². The second-order valence-corrected chi connectivity index (χ2v) is 8.43. The molecule has 7 heteroatoms. The van der Waals surface area contributed by atoms with Gasteiger partial charge in [-0.3, -0.25) is 4.79 Å². The van der Waals surface area contributed by atoms with Crippen molar-refractivity contribution in [3.8, 4) is 10.6 Å². The Morgan fingerprint density at radius 1 is 1.12 bits per heavy atom. The highest BCUT2D eigenvalue weighted by atomic mass is 32.2. The molecule has 0 amide bonds. The van der Waals surface area contributed by atoms with E-state index in [1.54, 1.807) is 22.7 Å². The van der Waals surface area contributed by atoms with Gasteiger partial charge in [-0.15, -0.1) is 32.9 Å². The molecule has 4 rings (SSSR count). The van der Waals surface area contributed by atoms with E-state index in [4.69, 9.17) is 0 Å². The van der Waals surface area contributed by atoms with Crippen LogP contribution in [0.25, 0.3) is 20.8 Å². The van der Waals surface area contributed by atoms with Crippen molar-refractivity contribution in [1.82, 2.24) is 15.2 Å². The molecule has 0 atom stereocenters. The Balaban J connectivity index is 1.65. The van der Waals surface area contributed by atoms with Crippen molar-refractivity contribution in [2.75, 3.05) is 5.75 Å². The third kappa shape index (κ3) is 3.35. The van der Waals surface area contributed by atoms with Gasteiger partial charge in [-0.05, 0) is 18.4 Å². The molecule has 0 saturated heterocycles. The topological polar surface area (TPSA) is 55.7 Å². The van der Waals surface area contributed by atoms with Crippen molar-refractivity contribution in [3.05, 3.63) is 58.4 Å². The van der Waals surface area contributed by atoms with E-state index in [1.165, 1.54) is 11.8 Å². The zero-order valence-corrected chi connectivity index (χ0v) is 15.8. The molecule has 0 aliphatic carbocycles. The van der Waals surface area contributed by atoms with Crippen LogP contribution in [-0.2, 0) is 0 Å². The van der Waals surface area contributed by atoms with E-state index in [2.05, 4.69) is 15.2 Å². The number of rotatable bonds is 5. The first-order chi connectivity index (χ1) is 12.2. The molecule has 0 unspecified atom stereocenters. The molecule has 0 fully saturated rings. The molecule has 0 radical (unpaired) electrons. The molecular formula is C18H13N3OS3. The van der Waals surface area contributed by atoms with Gasteiger partial charge in [-0.1, -0.05) is 48.2 Å². The highest BCUT2D eigenvalue weighted by molar-refractivity contribution is 8.00. The number of aryl methyl sites for hydroxylation is 1. The van der Waals surface area contributed by atoms with Gasteiger partial charge < -0.3 is 0 Å². The zero-order chi connectivity index (χ0) is 17.2. The summed E-state index contributed by atoms with van der Waals surface area (Å²) in [6.07, 6.45) is 0. The lowest BCUT2D eigenvalue weighted by molar-refractivity contribution is 0.102. The molecule has 4 aromatic rings. The number of nitrogens with zero attached hydrogens (tertiary/aromatic N) is 3. The molecule has 0 aliphatic heterocycles. The van der Waals surface area contributed by atoms with Crippen molar-refractivity contribution in [3.63, 3.8) is 0 Å². The molecule has 25 heavy (non-hydrogen) atoms. The van der Waals surface area contributed by atoms with Crippen LogP contribution in [0.1, 0.15) is 15.4 Å². The van der Waals surface area contributed by atoms with Crippen LogP contribution in [-0.4, -0.2) is 26.7 Å². The van der Waals surface area contributed by atoms with E-state index in [-0.39, 0.29) is 5.78 Å². The predicted octanol–water partition coefficient (Wildman–Crippen LogP) is 5.10. The monoisotopic (exact) mass is 383 g/mol. The number of fused-ring (bicyclic) bond motifs is 1. The maximum absolute atomic E-state index is 12.3. The number of hydrogen-bond acceptors (Lipinski definition) is 7. The van der Waals surface area contributed by atoms with Crippen LogP contribution in [0.4, 0.5) is 0 Å². The Kier molecular flexibility index (Phi) is 4.61. The fourth-order valence-electron chi connectivity index (χ4n) is 2.43. The number of thiophene rings is 1. The van der Waals surface area contributed by atoms with Crippen LogP contribution in [0.5, 0.6) is 0 Å². The average molecular weight is 384 g/mol. The second-order valence-electron chi connectivity index (χ2n) is 5.32. The molecule has 0 aliphatic rings. The Hall–Kier alpha value is -2.09. The third-order valence-electron chi connectivity index (χ3n) is 3.58. The van der Waals surface area contributed by atoms with Crippen molar-refractivity contribution < 1.29 is 4.79 Å². The summed E-state index contributed by atoms with van der Waals surface area (Å²) < 4.78 is 1.03. The van der Waals surface area contributed by atoms with Crippen molar-refractivity contribution >= 4 is 50.4 Å². The number of ketones is 1. The molecular weight excluding hydrogens is 370 g/mol. The third-order valence-corrected chi connectivity index (χ3v) is 6.39. The van der Waals surface area contributed by atoms with Crippen molar-refractivity contribution in [1.29, 1.82) is 0 Å². The lowest BCUT2D eigenvalue weighted by Crippen LogP contribution is -2.02. The van der Waals surface area contributed by atoms with Crippen LogP contribution in [0.15, 0.2) is 52.9 Å². The number of carbonyl (C=O) groups is 1. The quantitative estimate of drug-likeness (QED) is 0.354. The van der Waals surface area contributed by atoms with Crippen LogP contribution < -0.4 is 0 Å². The number of Topliss-reactive ketones (excluding diaryl/α,β-unsaturated/α-hetero) is 1. The van der Waals surface area contributed by atoms with Gasteiger partial charge in [0.25, 0.3) is 0 Å². The largest absolute Gasteiger partial charge is 0.293 e. The number of thiazole rings is 1. The minimum absolute atomic E-state index is 0.0786. The minimum Gasteiger partial charge on any atom is -0.293 e. The van der Waals surface area contributed by atoms with Crippen LogP contribution in [0.3, 0.4) is 0 Å². The summed E-state index contributed by atoms with van der Waals surface area (Å²) >= 11 is 4.65. The number of benzene rings is 1. The van der Waals surface area contributed by atoms with E-state index < -0.39 is 0 Å². The second kappa shape index (κ2) is 7.03. The summed E-state index contributed by atoms with van der Waals surface area (Å²) in [5, 5.41) is 12.5. The Labute approximate surface area is 157 Å². The van der Waals surface area contributed by atoms with Gasteiger partial charge in [0.15, 0.2) is 5.78 Å². The molecule has 0 bridgehead atoms. The van der Waals surface area contributed by atoms with Gasteiger partial charge in [0, 0.05) is 5.56 Å². The highest BCUT2D eigenvalue weighted by Gasteiger charge is 2.17. The van der Waals surface area contributed by atoms with E-state index in [9.17, 15) is 4.79 Å². The van der Waals surface area contributed by atoms with E-state index in [0.29, 0.717) is 16.3 Å². The molecule has 4 nitrogen and oxygen atoms in total. The molecule has 0 spiro atoms. The van der Waals surface area contributed by atoms with Crippen LogP contribution in [0.2, 0.25) is 0 Å². The molecule has 0 N–H and O–H groups in total. The van der Waals surface area contributed by atoms with E-state index in [1.807, 2.05) is 54.8 Å². The van der Waals surface area contributed by atoms with E-state index >= 15 is 0 Å². The molecule has 1 aromatic carbocycles. The number of carbonyl (C=O) groups excluding carboxylic acids is 1. The maximum atomic E-state index is 12.3. The van der Waals surface area contributed by atoms with Crippen molar-refractivity contribution in [2.45, 2.75) is 11.9 Å². The van der Waals surface area contributed by atoms with Gasteiger partial charge in [0.1, 0.15) is 16.2 Å². The van der Waals surface area contributed by atoms with Gasteiger partial charge >= 0.3 is 0 Å². The molecule has 3 heterocycles. The maximum Gasteiger partial charge on any atom is 0.173 e. The first-order valence-corrected chi connectivity index (χ1v) is 10.3. The highest BCUT2D eigenvalue weighted by Crippen LogP contribution is 2.36. The zero-order valence-electron chi connectivity index (χ0n) is 13.3. The number of thioether (sulfide) groups is 1. The van der Waals surface area contributed by atoms with Gasteiger partial charge in [-0.25, -0.2) is 4.98 Å². The number of aromatic nitrogens is 3. The summed E-state index contributed by atoms with van der Waals surface area (Å²) in [4.78, 5) is 18.0. The summed E-state index contributed by atoms with van der Waals surface area (Å²) in [5.74, 6) is 0.401. The standard InChI is InChI=1S/C18H13N3OS3/c1-11-19-16-17(25-11)15(14-8-5-9-23-14)20-21-18(16)24-10-13(22)12-6-3-2-4-7-12/h2-9H,10H2,1H3. The summed E-state index contributed by atoms with van der Waals surface area (Å²) in [7, 11) is 0. The summed E-state index contributed by atoms with van der Waals surface area (Å²) in [5.41, 5.74) is 2.42. The fourth-order valence-corrected chi connectivity index (χ4v) is 5.01. The Bertz CT molecular complexity index is 1030. The summed E-state index contributed by atoms with van der Waals surface area (Å²) in [6.45, 7) is 1.98. The van der Waals surface area contributed by atoms with Crippen LogP contribution >= 0.6 is 34.4 Å². The van der Waals surface area contributed by atoms with Gasteiger partial charge in [0.2, 0.25) is 0 Å². The smallest absolute Gasteiger partial charge is 0.173 e. The molecule has 124 valence electrons. The minimum atomic E-state index is 0.0786. The lowest BCUT2D eigenvalue weighted by atomic mass is 10.2. The van der Waals surface area contributed by atoms with Gasteiger partial charge in [-0.2, -0.15) is 0 Å². The average Bonchev–Trinajstić information content (AvgIpc) is 3.29. The normalized spacial score (nSPS) is 11.1. The summed E-state index contributed by atoms with van der Waals surface area (Å²) in [6, 6.07) is 13.3. The Morgan fingerprint density at radius 3 is 2.72 bits per heavy atom. The SMILES string of the molecule is Cc1nc2c(SCC(=O)c3ccccc3)nnc(-c3cccs3)c2s1. The van der Waals surface area contributed by atoms with Crippen LogP contribution in [0, 0.1) is 6.92 Å². The predicted molar refractivity (Wildman–Crippen MR) is 105 cm³/mol. The van der Waals surface area contributed by atoms with E-state index in [0.717, 1.165) is 25.8 Å². The number of hydrogen-bond donors (Lipinski definition) is 0. The lowest BCUT2D eigenvalue weighted by Gasteiger charge is -2.03. The first-order valence-electron chi connectivity index (χ1n) is 7.61. The Morgan fingerprint density at radius 2 is 1.96 bits per heavy atom.